The van der Waals surface area contributed by atoms with Gasteiger partial charge in [-0.1, -0.05) is 30.3 Å². The predicted molar refractivity (Wildman–Crippen MR) is 83.7 cm³/mol. The van der Waals surface area contributed by atoms with E-state index in [9.17, 15) is 9.18 Å². The third-order valence-corrected chi connectivity index (χ3v) is 2.99. The first-order valence-corrected chi connectivity index (χ1v) is 6.81. The highest BCUT2D eigenvalue weighted by Gasteiger charge is 2.07. The molecule has 0 heterocycles. The van der Waals surface area contributed by atoms with Crippen LogP contribution in [0.1, 0.15) is 5.56 Å². The molecule has 2 aromatic carbocycles. The number of halogens is 2. The molecular weight excluding hydrogens is 307 g/mol. The fraction of sp³-hybridized carbons (Fsp3) is 0.0625. The average molecular weight is 321 g/mol. The van der Waals surface area contributed by atoms with Crippen molar-refractivity contribution < 1.29 is 13.9 Å². The lowest BCUT2D eigenvalue weighted by Gasteiger charge is -2.12. The quantitative estimate of drug-likeness (QED) is 0.804. The zero-order valence-electron chi connectivity index (χ0n) is 11.6. The Kier molecular flexibility index (Phi) is 5.38. The van der Waals surface area contributed by atoms with Crippen LogP contribution in [0.3, 0.4) is 0 Å². The number of hydrazine groups is 1. The van der Waals surface area contributed by atoms with Gasteiger partial charge in [0.05, 0.1) is 5.70 Å². The number of carbonyl (C=O) groups is 1. The first kappa shape index (κ1) is 15.9. The normalized spacial score (nSPS) is 9.91. The predicted octanol–water partition coefficient (Wildman–Crippen LogP) is 3.15. The highest BCUT2D eigenvalue weighted by molar-refractivity contribution is 6.30. The number of rotatable bonds is 6. The van der Waals surface area contributed by atoms with Crippen molar-refractivity contribution in [1.82, 2.24) is 10.9 Å². The molecule has 0 unspecified atom stereocenters. The number of nitrogens with one attached hydrogen (secondary N) is 2. The molecule has 2 rings (SSSR count). The second-order valence-corrected chi connectivity index (χ2v) is 4.81. The minimum absolute atomic E-state index is 0.195. The minimum atomic E-state index is -0.424. The Bertz CT molecular complexity index is 674. The maximum atomic E-state index is 13.5. The van der Waals surface area contributed by atoms with Gasteiger partial charge in [-0.05, 0) is 36.4 Å². The lowest BCUT2D eigenvalue weighted by Crippen LogP contribution is -2.39. The number of carbonyl (C=O) groups excluding carboxylic acids is 1. The maximum absolute atomic E-state index is 13.5. The highest BCUT2D eigenvalue weighted by atomic mass is 35.5. The Morgan fingerprint density at radius 3 is 2.50 bits per heavy atom. The second kappa shape index (κ2) is 7.47. The summed E-state index contributed by atoms with van der Waals surface area (Å²) in [4.78, 5) is 11.6. The molecule has 0 aliphatic heterocycles. The number of benzene rings is 2. The van der Waals surface area contributed by atoms with Crippen molar-refractivity contribution in [3.8, 4) is 5.75 Å². The van der Waals surface area contributed by atoms with Gasteiger partial charge in [0.2, 0.25) is 0 Å². The van der Waals surface area contributed by atoms with Crippen molar-refractivity contribution in [1.29, 1.82) is 0 Å². The molecule has 0 radical (unpaired) electrons. The summed E-state index contributed by atoms with van der Waals surface area (Å²) in [7, 11) is 0. The monoisotopic (exact) mass is 320 g/mol. The van der Waals surface area contributed by atoms with Crippen molar-refractivity contribution in [2.24, 2.45) is 0 Å². The van der Waals surface area contributed by atoms with Crippen LogP contribution in [0.15, 0.2) is 55.1 Å². The molecule has 0 saturated carbocycles. The van der Waals surface area contributed by atoms with E-state index >= 15 is 0 Å². The van der Waals surface area contributed by atoms with Crippen LogP contribution in [-0.4, -0.2) is 12.5 Å². The zero-order valence-corrected chi connectivity index (χ0v) is 12.4. The molecule has 0 bridgehead atoms. The van der Waals surface area contributed by atoms with Gasteiger partial charge in [0.1, 0.15) is 11.6 Å². The fourth-order valence-electron chi connectivity index (χ4n) is 1.63. The van der Waals surface area contributed by atoms with Gasteiger partial charge >= 0.3 is 0 Å². The summed E-state index contributed by atoms with van der Waals surface area (Å²) in [6.07, 6.45) is 0. The highest BCUT2D eigenvalue weighted by Crippen LogP contribution is 2.15. The van der Waals surface area contributed by atoms with Crippen LogP contribution in [0.4, 0.5) is 4.39 Å². The Balaban J connectivity index is 1.79. The van der Waals surface area contributed by atoms with Crippen LogP contribution in [0.25, 0.3) is 5.70 Å². The van der Waals surface area contributed by atoms with E-state index in [2.05, 4.69) is 17.4 Å². The largest absolute Gasteiger partial charge is 0.484 e. The molecule has 2 aromatic rings. The summed E-state index contributed by atoms with van der Waals surface area (Å²) < 4.78 is 18.8. The summed E-state index contributed by atoms with van der Waals surface area (Å²) in [5.41, 5.74) is 5.46. The smallest absolute Gasteiger partial charge is 0.276 e. The van der Waals surface area contributed by atoms with Gasteiger partial charge in [0.15, 0.2) is 6.61 Å². The Hall–Kier alpha value is -2.53. The Labute approximate surface area is 132 Å². The summed E-state index contributed by atoms with van der Waals surface area (Å²) >= 11 is 5.74. The topological polar surface area (TPSA) is 50.4 Å². The summed E-state index contributed by atoms with van der Waals surface area (Å²) in [6.45, 7) is 3.47. The van der Waals surface area contributed by atoms with Crippen molar-refractivity contribution in [3.63, 3.8) is 0 Å². The van der Waals surface area contributed by atoms with Crippen LogP contribution < -0.4 is 15.6 Å². The SMILES string of the molecule is C=C(NNC(=O)COc1ccc(Cl)cc1)c1ccccc1F. The fourth-order valence-corrected chi connectivity index (χ4v) is 1.76. The first-order valence-electron chi connectivity index (χ1n) is 6.43. The van der Waals surface area contributed by atoms with E-state index in [0.717, 1.165) is 0 Å². The van der Waals surface area contributed by atoms with Gasteiger partial charge in [-0.25, -0.2) is 4.39 Å². The number of ether oxygens (including phenoxy) is 1. The van der Waals surface area contributed by atoms with E-state index in [0.29, 0.717) is 10.8 Å². The second-order valence-electron chi connectivity index (χ2n) is 4.37. The molecule has 114 valence electrons. The third kappa shape index (κ3) is 4.49. The minimum Gasteiger partial charge on any atom is -0.484 e. The van der Waals surface area contributed by atoms with E-state index in [1.807, 2.05) is 0 Å². The van der Waals surface area contributed by atoms with Crippen molar-refractivity contribution in [2.45, 2.75) is 0 Å². The Morgan fingerprint density at radius 2 is 1.82 bits per heavy atom. The average Bonchev–Trinajstić information content (AvgIpc) is 2.52. The van der Waals surface area contributed by atoms with Crippen LogP contribution in [-0.2, 0) is 4.79 Å². The van der Waals surface area contributed by atoms with Gasteiger partial charge in [-0.15, -0.1) is 0 Å². The van der Waals surface area contributed by atoms with E-state index in [1.54, 1.807) is 42.5 Å². The molecule has 0 atom stereocenters. The van der Waals surface area contributed by atoms with Gasteiger partial charge < -0.3 is 4.74 Å². The van der Waals surface area contributed by atoms with Gasteiger partial charge in [-0.3, -0.25) is 15.6 Å². The number of hydrogen-bond donors (Lipinski definition) is 2. The number of hydrogen-bond acceptors (Lipinski definition) is 3. The maximum Gasteiger partial charge on any atom is 0.276 e. The summed E-state index contributed by atoms with van der Waals surface area (Å²) in [6, 6.07) is 12.7. The van der Waals surface area contributed by atoms with Crippen molar-refractivity contribution in [2.75, 3.05) is 6.61 Å². The molecule has 0 aliphatic carbocycles. The van der Waals surface area contributed by atoms with E-state index in [1.165, 1.54) is 6.07 Å². The van der Waals surface area contributed by atoms with Gasteiger partial charge in [0, 0.05) is 10.6 Å². The van der Waals surface area contributed by atoms with E-state index < -0.39 is 11.7 Å². The molecular formula is C16H14ClFN2O2. The third-order valence-electron chi connectivity index (χ3n) is 2.74. The molecule has 1 amide bonds. The van der Waals surface area contributed by atoms with Gasteiger partial charge in [-0.2, -0.15) is 0 Å². The lowest BCUT2D eigenvalue weighted by atomic mass is 10.2. The Morgan fingerprint density at radius 1 is 1.14 bits per heavy atom. The lowest BCUT2D eigenvalue weighted by molar-refractivity contribution is -0.123. The van der Waals surface area contributed by atoms with Crippen LogP contribution in [0.5, 0.6) is 5.75 Å². The van der Waals surface area contributed by atoms with Crippen LogP contribution >= 0.6 is 11.6 Å². The molecule has 6 heteroatoms. The molecule has 0 aromatic heterocycles. The first-order chi connectivity index (χ1) is 10.6. The molecule has 0 spiro atoms. The molecule has 0 saturated heterocycles. The molecule has 22 heavy (non-hydrogen) atoms. The van der Waals surface area contributed by atoms with Crippen LogP contribution in [0.2, 0.25) is 5.02 Å². The van der Waals surface area contributed by atoms with Crippen LogP contribution in [0, 0.1) is 5.82 Å². The summed E-state index contributed by atoms with van der Waals surface area (Å²) in [5, 5.41) is 0.583. The zero-order chi connectivity index (χ0) is 15.9. The van der Waals surface area contributed by atoms with Gasteiger partial charge in [0.25, 0.3) is 5.91 Å². The summed E-state index contributed by atoms with van der Waals surface area (Å²) in [5.74, 6) is -0.327. The van der Waals surface area contributed by atoms with E-state index in [-0.39, 0.29) is 17.9 Å². The molecule has 0 fully saturated rings. The van der Waals surface area contributed by atoms with Crippen molar-refractivity contribution in [3.05, 3.63) is 71.5 Å². The number of amides is 1. The van der Waals surface area contributed by atoms with E-state index in [4.69, 9.17) is 16.3 Å². The molecule has 2 N–H and O–H groups in total. The standard InChI is InChI=1S/C16H14ClFN2O2/c1-11(14-4-2-3-5-15(14)18)19-20-16(21)10-22-13-8-6-12(17)7-9-13/h2-9,19H,1,10H2,(H,20,21). The van der Waals surface area contributed by atoms with Crippen molar-refractivity contribution >= 4 is 23.2 Å². The molecule has 4 nitrogen and oxygen atoms in total. The molecule has 0 aliphatic rings.